The quantitative estimate of drug-likeness (QED) is 0.901. The zero-order valence-electron chi connectivity index (χ0n) is 12.4. The second-order valence-electron chi connectivity index (χ2n) is 6.95. The van der Waals surface area contributed by atoms with Gasteiger partial charge in [0.2, 0.25) is 0 Å². The Kier molecular flexibility index (Phi) is 3.25. The number of anilines is 1. The summed E-state index contributed by atoms with van der Waals surface area (Å²) in [6, 6.07) is 3.01. The van der Waals surface area contributed by atoms with Gasteiger partial charge in [0.25, 0.3) is 0 Å². The van der Waals surface area contributed by atoms with E-state index in [0.717, 1.165) is 24.8 Å². The van der Waals surface area contributed by atoms with Crippen molar-refractivity contribution in [3.63, 3.8) is 0 Å². The molecule has 0 amide bonds. The molecule has 0 aromatic carbocycles. The minimum atomic E-state index is 0.443. The molecule has 1 aromatic heterocycles. The summed E-state index contributed by atoms with van der Waals surface area (Å²) < 4.78 is 0. The number of aryl methyl sites for hydroxylation is 1. The maximum Gasteiger partial charge on any atom is 0.0445 e. The summed E-state index contributed by atoms with van der Waals surface area (Å²) in [5.41, 5.74) is 4.31. The molecule has 1 saturated carbocycles. The summed E-state index contributed by atoms with van der Waals surface area (Å²) in [6.45, 7) is 10.1. The van der Waals surface area contributed by atoms with Crippen molar-refractivity contribution >= 4 is 5.69 Å². The number of hydrogen-bond acceptors (Lipinski definition) is 3. The number of nitrogens with zero attached hydrogens (tertiary/aromatic N) is 2. The van der Waals surface area contributed by atoms with Gasteiger partial charge in [-0.2, -0.15) is 0 Å². The normalized spacial score (nSPS) is 21.9. The lowest BCUT2D eigenvalue weighted by Crippen LogP contribution is -2.25. The smallest absolute Gasteiger partial charge is 0.0445 e. The van der Waals surface area contributed by atoms with Crippen LogP contribution in [0.2, 0.25) is 0 Å². The lowest BCUT2D eigenvalue weighted by atomic mass is 9.93. The maximum atomic E-state index is 4.48. The van der Waals surface area contributed by atoms with E-state index in [1.54, 1.807) is 0 Å². The SMILES string of the molecule is Cc1cc(N2CCC(C)(C)C2)c(CNC2CC2)cn1. The molecule has 19 heavy (non-hydrogen) atoms. The van der Waals surface area contributed by atoms with Crippen molar-refractivity contribution < 1.29 is 0 Å². The van der Waals surface area contributed by atoms with Gasteiger partial charge in [0, 0.05) is 48.8 Å². The first kappa shape index (κ1) is 12.9. The van der Waals surface area contributed by atoms with Crippen LogP contribution in [0.25, 0.3) is 0 Å². The maximum absolute atomic E-state index is 4.48. The van der Waals surface area contributed by atoms with Gasteiger partial charge in [0.05, 0.1) is 0 Å². The number of pyridine rings is 1. The number of rotatable bonds is 4. The first-order valence-electron chi connectivity index (χ1n) is 7.47. The highest BCUT2D eigenvalue weighted by Gasteiger charge is 2.30. The van der Waals surface area contributed by atoms with Crippen LogP contribution in [0, 0.1) is 12.3 Å². The number of nitrogens with one attached hydrogen (secondary N) is 1. The van der Waals surface area contributed by atoms with Gasteiger partial charge in [-0.1, -0.05) is 13.8 Å². The molecular formula is C16H25N3. The predicted octanol–water partition coefficient (Wildman–Crippen LogP) is 2.88. The molecule has 2 heterocycles. The molecule has 1 aromatic rings. The number of aromatic nitrogens is 1. The summed E-state index contributed by atoms with van der Waals surface area (Å²) in [5.74, 6) is 0. The van der Waals surface area contributed by atoms with Gasteiger partial charge in [0.1, 0.15) is 0 Å². The van der Waals surface area contributed by atoms with Gasteiger partial charge in [0.15, 0.2) is 0 Å². The fourth-order valence-electron chi connectivity index (χ4n) is 2.86. The molecule has 1 saturated heterocycles. The van der Waals surface area contributed by atoms with Gasteiger partial charge in [-0.05, 0) is 37.7 Å². The Bertz CT molecular complexity index is 463. The zero-order chi connectivity index (χ0) is 13.5. The Balaban J connectivity index is 1.79. The van der Waals surface area contributed by atoms with E-state index < -0.39 is 0 Å². The largest absolute Gasteiger partial charge is 0.371 e. The van der Waals surface area contributed by atoms with Crippen molar-refractivity contribution in [2.45, 2.75) is 52.6 Å². The molecule has 0 radical (unpaired) electrons. The summed E-state index contributed by atoms with van der Waals surface area (Å²) in [4.78, 5) is 7.02. The standard InChI is InChI=1S/C16H25N3/c1-12-8-15(19-7-6-16(2,3)11-19)13(9-17-12)10-18-14-4-5-14/h8-9,14,18H,4-7,10-11H2,1-3H3. The van der Waals surface area contributed by atoms with Gasteiger partial charge < -0.3 is 10.2 Å². The van der Waals surface area contributed by atoms with E-state index in [1.165, 1.54) is 37.1 Å². The third-order valence-corrected chi connectivity index (χ3v) is 4.28. The summed E-state index contributed by atoms with van der Waals surface area (Å²) in [6.07, 6.45) is 6.02. The highest BCUT2D eigenvalue weighted by molar-refractivity contribution is 5.54. The molecule has 0 spiro atoms. The summed E-state index contributed by atoms with van der Waals surface area (Å²) in [5, 5.41) is 3.61. The molecule has 1 aliphatic carbocycles. The van der Waals surface area contributed by atoms with Gasteiger partial charge in [-0.15, -0.1) is 0 Å². The molecule has 1 aliphatic heterocycles. The van der Waals surface area contributed by atoms with Gasteiger partial charge >= 0.3 is 0 Å². The lowest BCUT2D eigenvalue weighted by molar-refractivity contribution is 0.418. The highest BCUT2D eigenvalue weighted by Crippen LogP contribution is 2.34. The Morgan fingerprint density at radius 3 is 2.84 bits per heavy atom. The second-order valence-corrected chi connectivity index (χ2v) is 6.95. The van der Waals surface area contributed by atoms with E-state index >= 15 is 0 Å². The van der Waals surface area contributed by atoms with Crippen molar-refractivity contribution in [3.05, 3.63) is 23.5 Å². The van der Waals surface area contributed by atoms with Crippen LogP contribution in [-0.4, -0.2) is 24.1 Å². The van der Waals surface area contributed by atoms with Gasteiger partial charge in [-0.25, -0.2) is 0 Å². The first-order valence-corrected chi connectivity index (χ1v) is 7.47. The molecular weight excluding hydrogens is 234 g/mol. The molecule has 3 rings (SSSR count). The fourth-order valence-corrected chi connectivity index (χ4v) is 2.86. The van der Waals surface area contributed by atoms with Crippen LogP contribution in [0.3, 0.4) is 0 Å². The average Bonchev–Trinajstić information content (AvgIpc) is 3.11. The lowest BCUT2D eigenvalue weighted by Gasteiger charge is -2.24. The van der Waals surface area contributed by atoms with Crippen molar-refractivity contribution in [1.82, 2.24) is 10.3 Å². The van der Waals surface area contributed by atoms with Crippen molar-refractivity contribution in [2.75, 3.05) is 18.0 Å². The second kappa shape index (κ2) is 4.78. The average molecular weight is 259 g/mol. The third kappa shape index (κ3) is 3.08. The van der Waals surface area contributed by atoms with Crippen molar-refractivity contribution in [3.8, 4) is 0 Å². The molecule has 0 atom stereocenters. The third-order valence-electron chi connectivity index (χ3n) is 4.28. The Hall–Kier alpha value is -1.09. The van der Waals surface area contributed by atoms with E-state index in [9.17, 15) is 0 Å². The minimum Gasteiger partial charge on any atom is -0.371 e. The van der Waals surface area contributed by atoms with Crippen LogP contribution in [0.15, 0.2) is 12.3 Å². The van der Waals surface area contributed by atoms with E-state index in [1.807, 2.05) is 0 Å². The molecule has 2 aliphatic rings. The molecule has 1 N–H and O–H groups in total. The van der Waals surface area contributed by atoms with Crippen LogP contribution in [0.1, 0.15) is 44.4 Å². The highest BCUT2D eigenvalue weighted by atomic mass is 15.2. The van der Waals surface area contributed by atoms with E-state index in [4.69, 9.17) is 0 Å². The molecule has 2 fully saturated rings. The fraction of sp³-hybridized carbons (Fsp3) is 0.688. The summed E-state index contributed by atoms with van der Waals surface area (Å²) >= 11 is 0. The van der Waals surface area contributed by atoms with Crippen LogP contribution in [-0.2, 0) is 6.54 Å². The zero-order valence-corrected chi connectivity index (χ0v) is 12.4. The van der Waals surface area contributed by atoms with Gasteiger partial charge in [-0.3, -0.25) is 4.98 Å². The van der Waals surface area contributed by atoms with E-state index in [-0.39, 0.29) is 0 Å². The van der Waals surface area contributed by atoms with E-state index in [2.05, 4.69) is 48.2 Å². The van der Waals surface area contributed by atoms with Crippen LogP contribution in [0.5, 0.6) is 0 Å². The van der Waals surface area contributed by atoms with Crippen molar-refractivity contribution in [1.29, 1.82) is 0 Å². The predicted molar refractivity (Wildman–Crippen MR) is 79.4 cm³/mol. The molecule has 3 heteroatoms. The molecule has 0 bridgehead atoms. The minimum absolute atomic E-state index is 0.443. The summed E-state index contributed by atoms with van der Waals surface area (Å²) in [7, 11) is 0. The van der Waals surface area contributed by atoms with Crippen molar-refractivity contribution in [2.24, 2.45) is 5.41 Å². The molecule has 104 valence electrons. The van der Waals surface area contributed by atoms with Crippen LogP contribution >= 0.6 is 0 Å². The van der Waals surface area contributed by atoms with E-state index in [0.29, 0.717) is 5.41 Å². The number of hydrogen-bond donors (Lipinski definition) is 1. The van der Waals surface area contributed by atoms with Crippen LogP contribution < -0.4 is 10.2 Å². The Morgan fingerprint density at radius 2 is 2.21 bits per heavy atom. The topological polar surface area (TPSA) is 28.2 Å². The Labute approximate surface area is 116 Å². The molecule has 3 nitrogen and oxygen atoms in total. The van der Waals surface area contributed by atoms with Crippen LogP contribution in [0.4, 0.5) is 5.69 Å². The monoisotopic (exact) mass is 259 g/mol. The first-order chi connectivity index (χ1) is 9.03. The Morgan fingerprint density at radius 1 is 1.42 bits per heavy atom. The molecule has 0 unspecified atom stereocenters.